The molecule has 0 atom stereocenters. The third-order valence-electron chi connectivity index (χ3n) is 14.6. The first-order valence-electron chi connectivity index (χ1n) is 30.4. The number of aromatic nitrogens is 5. The SMILES string of the molecule is [2H]c1c([2H])c([2H])c(-c2cc(-n3c4ccccc4c4ccccc43)cc(-c3c([2H])c([2H])c([2H])c([2H])c3[2H])c2-n2[c](=[Pt])n(-c3[c-]c(Oc4[c-]c5c(cc4)c4ccc6oc7ccccc7c6c4n5-c4cc(C(C)(C)C)ccn4)ccc3)c3ccccc32)c([2H])c1[2H]. The average Bonchev–Trinajstić information content (AvgIpc) is 1.52. The third-order valence-corrected chi connectivity index (χ3v) is 15.6. The monoisotopic (exact) mass is 1190 g/mol. The van der Waals surface area contributed by atoms with E-state index in [1.54, 1.807) is 18.2 Å². The molecule has 0 saturated carbocycles. The quantitative estimate of drug-likeness (QED) is 0.143. The van der Waals surface area contributed by atoms with E-state index in [4.69, 9.17) is 22.4 Å². The molecule has 0 radical (unpaired) electrons. The van der Waals surface area contributed by atoms with Crippen molar-refractivity contribution in [3.63, 3.8) is 0 Å². The van der Waals surface area contributed by atoms with Crippen molar-refractivity contribution >= 4 is 76.6 Å². The van der Waals surface area contributed by atoms with E-state index in [-0.39, 0.29) is 33.4 Å². The van der Waals surface area contributed by atoms with Crippen molar-refractivity contribution in [1.82, 2.24) is 23.3 Å². The topological polar surface area (TPSA) is 55.0 Å². The molecule has 0 bridgehead atoms. The van der Waals surface area contributed by atoms with Crippen LogP contribution in [0.1, 0.15) is 40.0 Å². The van der Waals surface area contributed by atoms with Gasteiger partial charge in [0.05, 0.1) is 0 Å². The van der Waals surface area contributed by atoms with Gasteiger partial charge >= 0.3 is 381 Å². The Hall–Kier alpha value is -9.29. The van der Waals surface area contributed by atoms with Crippen molar-refractivity contribution in [3.8, 4) is 56.6 Å². The number of ether oxygens (including phenoxy) is 1. The van der Waals surface area contributed by atoms with E-state index in [0.717, 1.165) is 71.1 Å². The number of rotatable bonds is 8. The van der Waals surface area contributed by atoms with Crippen LogP contribution in [0.3, 0.4) is 0 Å². The van der Waals surface area contributed by atoms with E-state index in [1.165, 1.54) is 0 Å². The molecule has 0 aliphatic rings. The Morgan fingerprint density at radius 3 is 1.81 bits per heavy atom. The van der Waals surface area contributed by atoms with Gasteiger partial charge in [-0.25, -0.2) is 0 Å². The first kappa shape index (κ1) is 36.6. The van der Waals surface area contributed by atoms with Crippen molar-refractivity contribution in [2.45, 2.75) is 26.2 Å². The standard InChI is InChI=1S/C70H47N5O2.Pt/c1-70(2,3)47-37-38-71-66(39-47)75-63-43-51(33-34-54(63)55-35-36-65-67(69(55)75)56-27-12-17-32-64(56)77-65)76-50-24-18-23-48(40-50)72-44-73(62-31-16-15-30-61(62)72)68-57(45-19-6-4-7-20-45)41-49(42-58(68)46-21-8-5-9-22-46)74-59-28-13-10-25-52(59)53-26-11-14-29-60(53)74;/h4-39,41-42H,1-3H3;/q-2;/i4D,5D,6D,7D,8D,9D,19D,20D,21D,22D;. The third kappa shape index (κ3) is 7.29. The molecule has 8 heteroatoms. The summed E-state index contributed by atoms with van der Waals surface area (Å²) in [6.45, 7) is 6.53. The number of hydrogen-bond donors (Lipinski definition) is 0. The van der Waals surface area contributed by atoms with Gasteiger partial charge in [0.2, 0.25) is 0 Å². The second kappa shape index (κ2) is 17.9. The fourth-order valence-corrected chi connectivity index (χ4v) is 12.2. The second-order valence-electron chi connectivity index (χ2n) is 20.2. The Balaban J connectivity index is 0.969. The van der Waals surface area contributed by atoms with Gasteiger partial charge in [0.1, 0.15) is 11.2 Å². The molecular formula is C70H47N5O2Pt-2. The van der Waals surface area contributed by atoms with E-state index >= 15 is 0 Å². The second-order valence-corrected chi connectivity index (χ2v) is 21.2. The van der Waals surface area contributed by atoms with Crippen molar-refractivity contribution in [2.24, 2.45) is 0 Å². The maximum atomic E-state index is 9.60. The van der Waals surface area contributed by atoms with Crippen LogP contribution >= 0.6 is 0 Å². The zero-order valence-electron chi connectivity index (χ0n) is 52.0. The number of para-hydroxylation sites is 5. The molecule has 15 rings (SSSR count). The van der Waals surface area contributed by atoms with Gasteiger partial charge < -0.3 is 4.42 Å². The van der Waals surface area contributed by atoms with Gasteiger partial charge in [0.15, 0.2) is 0 Å². The van der Waals surface area contributed by atoms with Crippen LogP contribution < -0.4 is 4.74 Å². The molecule has 0 saturated heterocycles. The van der Waals surface area contributed by atoms with E-state index < -0.39 is 60.4 Å². The van der Waals surface area contributed by atoms with Crippen LogP contribution in [0.15, 0.2) is 235 Å². The molecule has 10 aromatic carbocycles. The fraction of sp³-hybridized carbons (Fsp3) is 0.0571. The van der Waals surface area contributed by atoms with Crippen LogP contribution in [0.5, 0.6) is 11.5 Å². The van der Waals surface area contributed by atoms with Gasteiger partial charge in [-0.3, -0.25) is 0 Å². The van der Waals surface area contributed by atoms with E-state index in [0.29, 0.717) is 43.5 Å². The molecule has 0 amide bonds. The first-order valence-corrected chi connectivity index (χ1v) is 26.5. The van der Waals surface area contributed by atoms with Crippen LogP contribution in [0.4, 0.5) is 0 Å². The number of fused-ring (bicyclic) bond motifs is 11. The molecule has 7 nitrogen and oxygen atoms in total. The van der Waals surface area contributed by atoms with Crippen LogP contribution in [-0.4, -0.2) is 23.3 Å². The number of pyridine rings is 1. The summed E-state index contributed by atoms with van der Waals surface area (Å²) in [5.74, 6) is 1.46. The number of benzene rings is 10. The van der Waals surface area contributed by atoms with Crippen LogP contribution in [0.2, 0.25) is 0 Å². The number of nitrogens with zero attached hydrogens (tertiary/aromatic N) is 5. The Morgan fingerprint density at radius 2 is 1.13 bits per heavy atom. The van der Waals surface area contributed by atoms with E-state index in [9.17, 15) is 5.48 Å². The van der Waals surface area contributed by atoms with Crippen molar-refractivity contribution < 1.29 is 42.2 Å². The van der Waals surface area contributed by atoms with Crippen LogP contribution in [-0.2, 0) is 24.8 Å². The minimum atomic E-state index is -0.589. The molecule has 376 valence electrons. The minimum absolute atomic E-state index is 0.135. The summed E-state index contributed by atoms with van der Waals surface area (Å²) < 4.78 is 114. The molecular weight excluding hydrogens is 1140 g/mol. The summed E-state index contributed by atoms with van der Waals surface area (Å²) in [7, 11) is 0. The number of hydrogen-bond acceptors (Lipinski definition) is 3. The van der Waals surface area contributed by atoms with Crippen molar-refractivity contribution in [1.29, 1.82) is 0 Å². The zero-order chi connectivity index (χ0) is 60.9. The van der Waals surface area contributed by atoms with Gasteiger partial charge in [0, 0.05) is 11.6 Å². The summed E-state index contributed by atoms with van der Waals surface area (Å²) in [5.41, 5.74) is 7.98. The Bertz CT molecular complexity index is 5400. The normalized spacial score (nSPS) is 13.9. The van der Waals surface area contributed by atoms with Crippen molar-refractivity contribution in [2.75, 3.05) is 0 Å². The van der Waals surface area contributed by atoms with Gasteiger partial charge in [-0.15, -0.1) is 0 Å². The summed E-state index contributed by atoms with van der Waals surface area (Å²) in [6.07, 6.45) is 1.84. The number of furan rings is 1. The Kier molecular flexibility index (Phi) is 8.41. The van der Waals surface area contributed by atoms with E-state index in [1.807, 2.05) is 147 Å². The summed E-state index contributed by atoms with van der Waals surface area (Å²) >= 11 is 2.18. The van der Waals surface area contributed by atoms with Gasteiger partial charge in [0.25, 0.3) is 0 Å². The average molecular weight is 1200 g/mol. The predicted molar refractivity (Wildman–Crippen MR) is 313 cm³/mol. The summed E-state index contributed by atoms with van der Waals surface area (Å²) in [5, 5.41) is 5.67. The molecule has 78 heavy (non-hydrogen) atoms. The van der Waals surface area contributed by atoms with Crippen LogP contribution in [0, 0.1) is 15.9 Å². The van der Waals surface area contributed by atoms with Crippen LogP contribution in [0.25, 0.3) is 122 Å². The molecule has 0 fully saturated rings. The van der Waals surface area contributed by atoms with Gasteiger partial charge in [-0.2, -0.15) is 0 Å². The zero-order valence-corrected chi connectivity index (χ0v) is 44.3. The summed E-state index contributed by atoms with van der Waals surface area (Å²) in [6, 6.07) is 54.1. The van der Waals surface area contributed by atoms with E-state index in [2.05, 4.69) is 75.0 Å². The molecule has 0 N–H and O–H groups in total. The van der Waals surface area contributed by atoms with Gasteiger partial charge in [-0.05, 0) is 29.2 Å². The molecule has 0 spiro atoms. The molecule has 15 aromatic rings. The summed E-state index contributed by atoms with van der Waals surface area (Å²) in [4.78, 5) is 4.98. The maximum absolute atomic E-state index is 9.60. The Labute approximate surface area is 474 Å². The molecule has 5 aromatic heterocycles. The van der Waals surface area contributed by atoms with Crippen molar-refractivity contribution in [3.05, 3.63) is 252 Å². The number of imidazole rings is 1. The molecule has 5 heterocycles. The fourth-order valence-electron chi connectivity index (χ4n) is 11.2. The molecule has 0 aliphatic carbocycles. The predicted octanol–water partition coefficient (Wildman–Crippen LogP) is 18.0. The Morgan fingerprint density at radius 1 is 0.526 bits per heavy atom. The first-order chi connectivity index (χ1) is 42.4. The van der Waals surface area contributed by atoms with Gasteiger partial charge in [-0.1, -0.05) is 39.0 Å². The molecule has 0 aliphatic heterocycles. The molecule has 0 unspecified atom stereocenters.